The summed E-state index contributed by atoms with van der Waals surface area (Å²) in [6.07, 6.45) is 1.28. The van der Waals surface area contributed by atoms with Crippen LogP contribution in [-0.2, 0) is 0 Å². The predicted molar refractivity (Wildman–Crippen MR) is 84.2 cm³/mol. The summed E-state index contributed by atoms with van der Waals surface area (Å²) in [6.45, 7) is 2.81. The molecule has 2 N–H and O–H groups in total. The highest BCUT2D eigenvalue weighted by atomic mass is 79.9. The maximum atomic E-state index is 6.00. The normalized spacial score (nSPS) is 21.5. The Balaban J connectivity index is 2.18. The molecule has 0 radical (unpaired) electrons. The van der Waals surface area contributed by atoms with Gasteiger partial charge >= 0.3 is 0 Å². The first-order chi connectivity index (χ1) is 8.63. The molecule has 0 amide bonds. The van der Waals surface area contributed by atoms with Gasteiger partial charge in [-0.15, -0.1) is 0 Å². The minimum Gasteiger partial charge on any atom is -0.329 e. The SMILES string of the molecule is Cc1cc(C(CN)N(C)C2CCSC2)ccc1Br. The number of hydrogen-bond acceptors (Lipinski definition) is 3. The maximum Gasteiger partial charge on any atom is 0.0470 e. The fourth-order valence-electron chi connectivity index (χ4n) is 2.51. The fourth-order valence-corrected chi connectivity index (χ4v) is 4.04. The van der Waals surface area contributed by atoms with E-state index in [9.17, 15) is 0 Å². The molecular formula is C14H21BrN2S. The second-order valence-corrected chi connectivity index (χ2v) is 6.95. The van der Waals surface area contributed by atoms with Gasteiger partial charge in [-0.05, 0) is 43.3 Å². The zero-order valence-electron chi connectivity index (χ0n) is 11.0. The third-order valence-corrected chi connectivity index (χ3v) is 5.80. The number of aryl methyl sites for hydroxylation is 1. The van der Waals surface area contributed by atoms with Crippen molar-refractivity contribution < 1.29 is 0 Å². The molecule has 100 valence electrons. The highest BCUT2D eigenvalue weighted by Gasteiger charge is 2.26. The summed E-state index contributed by atoms with van der Waals surface area (Å²) < 4.78 is 1.17. The zero-order valence-corrected chi connectivity index (χ0v) is 13.4. The molecule has 4 heteroatoms. The summed E-state index contributed by atoms with van der Waals surface area (Å²) in [5.41, 5.74) is 8.61. The number of halogens is 1. The molecule has 1 saturated heterocycles. The largest absolute Gasteiger partial charge is 0.329 e. The molecule has 1 aromatic rings. The fraction of sp³-hybridized carbons (Fsp3) is 0.571. The third-order valence-electron chi connectivity index (χ3n) is 3.76. The van der Waals surface area contributed by atoms with Gasteiger partial charge in [0.05, 0.1) is 0 Å². The maximum absolute atomic E-state index is 6.00. The van der Waals surface area contributed by atoms with Crippen molar-refractivity contribution >= 4 is 27.7 Å². The number of nitrogens with two attached hydrogens (primary N) is 1. The molecule has 0 aliphatic carbocycles. The molecule has 2 atom stereocenters. The van der Waals surface area contributed by atoms with Gasteiger partial charge in [-0.2, -0.15) is 11.8 Å². The van der Waals surface area contributed by atoms with Crippen molar-refractivity contribution in [2.24, 2.45) is 5.73 Å². The van der Waals surface area contributed by atoms with Gasteiger partial charge in [0.25, 0.3) is 0 Å². The summed E-state index contributed by atoms with van der Waals surface area (Å²) in [7, 11) is 2.21. The molecule has 1 aliphatic rings. The number of hydrogen-bond donors (Lipinski definition) is 1. The van der Waals surface area contributed by atoms with Crippen molar-refractivity contribution in [2.75, 3.05) is 25.1 Å². The third kappa shape index (κ3) is 3.10. The lowest BCUT2D eigenvalue weighted by molar-refractivity contribution is 0.193. The van der Waals surface area contributed by atoms with Crippen LogP contribution in [0, 0.1) is 6.92 Å². The minimum absolute atomic E-state index is 0.334. The van der Waals surface area contributed by atoms with E-state index < -0.39 is 0 Å². The summed E-state index contributed by atoms with van der Waals surface area (Å²) in [5.74, 6) is 2.52. The highest BCUT2D eigenvalue weighted by Crippen LogP contribution is 2.29. The van der Waals surface area contributed by atoms with Crippen LogP contribution in [0.4, 0.5) is 0 Å². The van der Waals surface area contributed by atoms with Gasteiger partial charge in [0, 0.05) is 28.9 Å². The van der Waals surface area contributed by atoms with Crippen molar-refractivity contribution in [1.29, 1.82) is 0 Å². The van der Waals surface area contributed by atoms with Crippen LogP contribution in [-0.4, -0.2) is 36.0 Å². The first-order valence-corrected chi connectivity index (χ1v) is 8.34. The van der Waals surface area contributed by atoms with E-state index in [1.165, 1.54) is 33.5 Å². The van der Waals surface area contributed by atoms with Crippen molar-refractivity contribution in [3.8, 4) is 0 Å². The Morgan fingerprint density at radius 2 is 2.33 bits per heavy atom. The molecule has 1 heterocycles. The predicted octanol–water partition coefficient (Wildman–Crippen LogP) is 3.19. The van der Waals surface area contributed by atoms with E-state index in [1.54, 1.807) is 0 Å². The van der Waals surface area contributed by atoms with Crippen LogP contribution in [0.25, 0.3) is 0 Å². The highest BCUT2D eigenvalue weighted by molar-refractivity contribution is 9.10. The first kappa shape index (κ1) is 14.4. The van der Waals surface area contributed by atoms with Gasteiger partial charge in [-0.3, -0.25) is 4.90 Å². The van der Waals surface area contributed by atoms with E-state index in [-0.39, 0.29) is 0 Å². The van der Waals surface area contributed by atoms with Crippen molar-refractivity contribution in [2.45, 2.75) is 25.4 Å². The minimum atomic E-state index is 0.334. The second kappa shape index (κ2) is 6.42. The van der Waals surface area contributed by atoms with Crippen molar-refractivity contribution in [1.82, 2.24) is 4.90 Å². The number of thioether (sulfide) groups is 1. The molecule has 0 aromatic heterocycles. The first-order valence-electron chi connectivity index (χ1n) is 6.39. The van der Waals surface area contributed by atoms with E-state index in [2.05, 4.69) is 53.0 Å². The molecule has 2 rings (SSSR count). The van der Waals surface area contributed by atoms with Crippen molar-refractivity contribution in [3.05, 3.63) is 33.8 Å². The topological polar surface area (TPSA) is 29.3 Å². The number of likely N-dealkylation sites (N-methyl/N-ethyl adjacent to an activating group) is 1. The average Bonchev–Trinajstić information content (AvgIpc) is 2.88. The summed E-state index contributed by atoms with van der Waals surface area (Å²) >= 11 is 5.60. The summed E-state index contributed by atoms with van der Waals surface area (Å²) in [4.78, 5) is 2.46. The molecule has 0 spiro atoms. The lowest BCUT2D eigenvalue weighted by atomic mass is 10.0. The van der Waals surface area contributed by atoms with Gasteiger partial charge in [-0.1, -0.05) is 28.1 Å². The Hall–Kier alpha value is -0.0300. The summed E-state index contributed by atoms with van der Waals surface area (Å²) in [6, 6.07) is 7.57. The number of nitrogens with zero attached hydrogens (tertiary/aromatic N) is 1. The molecular weight excluding hydrogens is 308 g/mol. The van der Waals surface area contributed by atoms with Crippen LogP contribution >= 0.6 is 27.7 Å². The smallest absolute Gasteiger partial charge is 0.0470 e. The molecule has 1 fully saturated rings. The van der Waals surface area contributed by atoms with Gasteiger partial charge in [-0.25, -0.2) is 0 Å². The average molecular weight is 329 g/mol. The Bertz CT molecular complexity index is 405. The Morgan fingerprint density at radius 3 is 2.89 bits per heavy atom. The van der Waals surface area contributed by atoms with Gasteiger partial charge < -0.3 is 5.73 Å². The van der Waals surface area contributed by atoms with E-state index in [0.29, 0.717) is 18.6 Å². The standard InChI is InChI=1S/C14H21BrN2S/c1-10-7-11(3-4-13(10)15)14(8-16)17(2)12-5-6-18-9-12/h3-4,7,12,14H,5-6,8-9,16H2,1-2H3. The zero-order chi connectivity index (χ0) is 13.1. The Labute approximate surface area is 122 Å². The van der Waals surface area contributed by atoms with E-state index >= 15 is 0 Å². The molecule has 1 aliphatic heterocycles. The van der Waals surface area contributed by atoms with Crippen molar-refractivity contribution in [3.63, 3.8) is 0 Å². The monoisotopic (exact) mass is 328 g/mol. The summed E-state index contributed by atoms with van der Waals surface area (Å²) in [5, 5.41) is 0. The van der Waals surface area contributed by atoms with Crippen LogP contribution in [0.5, 0.6) is 0 Å². The van der Waals surface area contributed by atoms with Gasteiger partial charge in [0.1, 0.15) is 0 Å². The van der Waals surface area contributed by atoms with Crippen LogP contribution < -0.4 is 5.73 Å². The quantitative estimate of drug-likeness (QED) is 0.920. The lowest BCUT2D eigenvalue weighted by Crippen LogP contribution is -2.38. The molecule has 1 aromatic carbocycles. The number of rotatable bonds is 4. The van der Waals surface area contributed by atoms with Crippen LogP contribution in [0.15, 0.2) is 22.7 Å². The van der Waals surface area contributed by atoms with E-state index in [0.717, 1.165) is 0 Å². The molecule has 2 unspecified atom stereocenters. The van der Waals surface area contributed by atoms with Crippen LogP contribution in [0.2, 0.25) is 0 Å². The van der Waals surface area contributed by atoms with E-state index in [1.807, 2.05) is 11.8 Å². The van der Waals surface area contributed by atoms with Crippen LogP contribution in [0.3, 0.4) is 0 Å². The lowest BCUT2D eigenvalue weighted by Gasteiger charge is -2.32. The van der Waals surface area contributed by atoms with Crippen LogP contribution in [0.1, 0.15) is 23.6 Å². The molecule has 18 heavy (non-hydrogen) atoms. The van der Waals surface area contributed by atoms with E-state index in [4.69, 9.17) is 5.73 Å². The van der Waals surface area contributed by atoms with Gasteiger partial charge in [0.15, 0.2) is 0 Å². The number of benzene rings is 1. The van der Waals surface area contributed by atoms with Gasteiger partial charge in [0.2, 0.25) is 0 Å². The molecule has 0 saturated carbocycles. The second-order valence-electron chi connectivity index (χ2n) is 4.94. The Morgan fingerprint density at radius 1 is 1.56 bits per heavy atom. The molecule has 2 nitrogen and oxygen atoms in total. The molecule has 0 bridgehead atoms. The Kier molecular flexibility index (Phi) is 5.13.